The number of fused-ring (bicyclic) bond motifs is 3. The van der Waals surface area contributed by atoms with Gasteiger partial charge in [-0.2, -0.15) is 0 Å². The molecule has 6 rings (SSSR count). The number of imidazole rings is 1. The Kier molecular flexibility index (Phi) is 3.34. The van der Waals surface area contributed by atoms with Crippen molar-refractivity contribution in [2.45, 2.75) is 6.92 Å². The number of anilines is 2. The molecule has 4 heterocycles. The summed E-state index contributed by atoms with van der Waals surface area (Å²) in [5, 5.41) is 4.71. The van der Waals surface area contributed by atoms with Crippen molar-refractivity contribution in [2.24, 2.45) is 0 Å². The Morgan fingerprint density at radius 1 is 1.00 bits per heavy atom. The van der Waals surface area contributed by atoms with Crippen LogP contribution in [0.1, 0.15) is 5.69 Å². The van der Waals surface area contributed by atoms with Gasteiger partial charge in [0.1, 0.15) is 17.2 Å². The number of benzene rings is 2. The number of aromatic nitrogens is 3. The van der Waals surface area contributed by atoms with Crippen molar-refractivity contribution < 1.29 is 9.47 Å². The van der Waals surface area contributed by atoms with Crippen LogP contribution in [-0.4, -0.2) is 21.2 Å². The minimum Gasteiger partial charge on any atom is -0.454 e. The molecule has 0 spiro atoms. The van der Waals surface area contributed by atoms with Crippen molar-refractivity contribution in [3.63, 3.8) is 0 Å². The predicted octanol–water partition coefficient (Wildman–Crippen LogP) is 5.26. The fourth-order valence-electron chi connectivity index (χ4n) is 3.94. The number of nitrogens with one attached hydrogen (secondary N) is 2. The van der Waals surface area contributed by atoms with Gasteiger partial charge in [0, 0.05) is 40.1 Å². The molecule has 0 amide bonds. The van der Waals surface area contributed by atoms with E-state index in [-0.39, 0.29) is 6.79 Å². The molecule has 0 unspecified atom stereocenters. The lowest BCUT2D eigenvalue weighted by Gasteiger charge is -2.11. The number of pyridine rings is 1. The minimum atomic E-state index is 0.258. The Balaban J connectivity index is 1.57. The first-order valence-electron chi connectivity index (χ1n) is 9.49. The van der Waals surface area contributed by atoms with Gasteiger partial charge in [-0.05, 0) is 37.3 Å². The van der Waals surface area contributed by atoms with Crippen LogP contribution in [0.3, 0.4) is 0 Å². The second kappa shape index (κ2) is 6.04. The summed E-state index contributed by atoms with van der Waals surface area (Å²) < 4.78 is 13.1. The van der Waals surface area contributed by atoms with Crippen molar-refractivity contribution in [3.05, 3.63) is 72.6 Å². The fraction of sp³-hybridized carbons (Fsp3) is 0.0870. The van der Waals surface area contributed by atoms with Crippen LogP contribution in [0.5, 0.6) is 11.5 Å². The van der Waals surface area contributed by atoms with Crippen LogP contribution < -0.4 is 14.8 Å². The lowest BCUT2D eigenvalue weighted by Crippen LogP contribution is -1.99. The first kappa shape index (κ1) is 16.1. The molecule has 142 valence electrons. The van der Waals surface area contributed by atoms with E-state index in [1.807, 2.05) is 48.7 Å². The van der Waals surface area contributed by atoms with Crippen molar-refractivity contribution in [3.8, 4) is 22.8 Å². The average Bonchev–Trinajstić information content (AvgIpc) is 3.45. The summed E-state index contributed by atoms with van der Waals surface area (Å²) in [6, 6.07) is 20.3. The number of aryl methyl sites for hydroxylation is 1. The Hall–Kier alpha value is -3.93. The number of rotatable bonds is 3. The second-order valence-corrected chi connectivity index (χ2v) is 7.11. The second-order valence-electron chi connectivity index (χ2n) is 7.11. The molecule has 0 aliphatic carbocycles. The third kappa shape index (κ3) is 2.46. The Morgan fingerprint density at radius 3 is 2.86 bits per heavy atom. The summed E-state index contributed by atoms with van der Waals surface area (Å²) in [6.07, 6.45) is 2.02. The van der Waals surface area contributed by atoms with E-state index in [9.17, 15) is 0 Å². The minimum absolute atomic E-state index is 0.258. The van der Waals surface area contributed by atoms with Gasteiger partial charge in [-0.1, -0.05) is 24.3 Å². The molecule has 6 heteroatoms. The Labute approximate surface area is 166 Å². The Morgan fingerprint density at radius 2 is 1.90 bits per heavy atom. The molecule has 0 bridgehead atoms. The zero-order valence-corrected chi connectivity index (χ0v) is 15.8. The predicted molar refractivity (Wildman–Crippen MR) is 113 cm³/mol. The van der Waals surface area contributed by atoms with Crippen LogP contribution in [0.2, 0.25) is 0 Å². The summed E-state index contributed by atoms with van der Waals surface area (Å²) in [6.45, 7) is 2.34. The number of para-hydroxylation sites is 1. The van der Waals surface area contributed by atoms with Gasteiger partial charge in [-0.25, -0.2) is 4.98 Å². The van der Waals surface area contributed by atoms with E-state index in [0.717, 1.165) is 56.5 Å². The molecular formula is C23H18N4O2. The molecule has 2 N–H and O–H groups in total. The van der Waals surface area contributed by atoms with Gasteiger partial charge in [-0.15, -0.1) is 0 Å². The van der Waals surface area contributed by atoms with Gasteiger partial charge < -0.3 is 19.8 Å². The third-order valence-electron chi connectivity index (χ3n) is 5.32. The van der Waals surface area contributed by atoms with Crippen molar-refractivity contribution in [2.75, 3.05) is 12.1 Å². The van der Waals surface area contributed by atoms with E-state index in [2.05, 4.69) is 39.8 Å². The maximum atomic E-state index is 5.54. The number of hydrogen-bond acceptors (Lipinski definition) is 4. The molecule has 0 atom stereocenters. The molecule has 0 saturated carbocycles. The highest BCUT2D eigenvalue weighted by atomic mass is 16.7. The zero-order valence-electron chi connectivity index (χ0n) is 15.8. The maximum Gasteiger partial charge on any atom is 0.231 e. The summed E-state index contributed by atoms with van der Waals surface area (Å²) in [7, 11) is 0. The highest BCUT2D eigenvalue weighted by Crippen LogP contribution is 2.39. The van der Waals surface area contributed by atoms with Crippen LogP contribution in [0.25, 0.3) is 27.8 Å². The quantitative estimate of drug-likeness (QED) is 0.447. The normalized spacial score (nSPS) is 12.7. The zero-order chi connectivity index (χ0) is 19.4. The van der Waals surface area contributed by atoms with E-state index in [0.29, 0.717) is 0 Å². The molecule has 6 nitrogen and oxygen atoms in total. The number of ether oxygens (including phenoxy) is 2. The summed E-state index contributed by atoms with van der Waals surface area (Å²) in [5.74, 6) is 2.43. The van der Waals surface area contributed by atoms with Crippen LogP contribution in [-0.2, 0) is 0 Å². The highest BCUT2D eigenvalue weighted by molar-refractivity contribution is 5.98. The van der Waals surface area contributed by atoms with Gasteiger partial charge in [0.15, 0.2) is 11.5 Å². The monoisotopic (exact) mass is 382 g/mol. The first-order valence-corrected chi connectivity index (χ1v) is 9.49. The van der Waals surface area contributed by atoms with Crippen LogP contribution in [0, 0.1) is 6.92 Å². The van der Waals surface area contributed by atoms with Crippen molar-refractivity contribution in [1.29, 1.82) is 0 Å². The van der Waals surface area contributed by atoms with Gasteiger partial charge in [0.2, 0.25) is 6.79 Å². The molecule has 2 aromatic carbocycles. The first-order chi connectivity index (χ1) is 14.3. The van der Waals surface area contributed by atoms with E-state index < -0.39 is 0 Å². The molecule has 3 aromatic heterocycles. The number of nitrogens with zero attached hydrogens (tertiary/aromatic N) is 2. The molecular weight excluding hydrogens is 364 g/mol. The summed E-state index contributed by atoms with van der Waals surface area (Å²) >= 11 is 0. The maximum absolute atomic E-state index is 5.54. The molecule has 0 saturated heterocycles. The summed E-state index contributed by atoms with van der Waals surface area (Å²) in [4.78, 5) is 8.32. The van der Waals surface area contributed by atoms with E-state index in [4.69, 9.17) is 14.5 Å². The molecule has 1 aliphatic rings. The number of hydrogen-bond donors (Lipinski definition) is 2. The van der Waals surface area contributed by atoms with Crippen molar-refractivity contribution in [1.82, 2.24) is 14.4 Å². The van der Waals surface area contributed by atoms with Gasteiger partial charge in [0.05, 0.1) is 0 Å². The van der Waals surface area contributed by atoms with E-state index in [1.165, 1.54) is 0 Å². The van der Waals surface area contributed by atoms with Gasteiger partial charge in [-0.3, -0.25) is 4.40 Å². The van der Waals surface area contributed by atoms with Crippen LogP contribution >= 0.6 is 0 Å². The fourth-order valence-corrected chi connectivity index (χ4v) is 3.94. The number of aromatic amines is 1. The summed E-state index contributed by atoms with van der Waals surface area (Å²) in [5.41, 5.74) is 5.96. The Bertz CT molecular complexity index is 1380. The molecule has 1 aliphatic heterocycles. The SMILES string of the molecule is Cc1cccc2nc(-c3c[nH]c4ccccc34)c(Nc3ccc4c(c3)OCO4)n12. The van der Waals surface area contributed by atoms with E-state index in [1.54, 1.807) is 0 Å². The molecule has 29 heavy (non-hydrogen) atoms. The molecule has 5 aromatic rings. The molecule has 0 radical (unpaired) electrons. The molecule has 0 fully saturated rings. The standard InChI is InChI=1S/C23H18N4O2/c1-14-5-4-8-21-26-22(17-12-24-18-7-3-2-6-16(17)18)23(27(14)21)25-15-9-10-19-20(11-15)29-13-28-19/h2-12,24-25H,13H2,1H3. The van der Waals surface area contributed by atoms with Gasteiger partial charge >= 0.3 is 0 Å². The lowest BCUT2D eigenvalue weighted by atomic mass is 10.1. The van der Waals surface area contributed by atoms with Crippen molar-refractivity contribution >= 4 is 28.1 Å². The third-order valence-corrected chi connectivity index (χ3v) is 5.32. The van der Waals surface area contributed by atoms with E-state index >= 15 is 0 Å². The van der Waals surface area contributed by atoms with Gasteiger partial charge in [0.25, 0.3) is 0 Å². The number of H-pyrrole nitrogens is 1. The van der Waals surface area contributed by atoms with Crippen LogP contribution in [0.15, 0.2) is 66.9 Å². The smallest absolute Gasteiger partial charge is 0.231 e. The topological polar surface area (TPSA) is 63.6 Å². The average molecular weight is 382 g/mol. The highest BCUT2D eigenvalue weighted by Gasteiger charge is 2.20. The van der Waals surface area contributed by atoms with Crippen LogP contribution in [0.4, 0.5) is 11.5 Å². The largest absolute Gasteiger partial charge is 0.454 e. The lowest BCUT2D eigenvalue weighted by molar-refractivity contribution is 0.174.